The molecule has 0 aliphatic rings. The molecular weight excluding hydrogens is 471 g/mol. The van der Waals surface area contributed by atoms with Gasteiger partial charge in [-0.05, 0) is 55.8 Å². The number of nitrogens with zero attached hydrogens (tertiary/aromatic N) is 1. The molecule has 3 amide bonds. The van der Waals surface area contributed by atoms with E-state index in [9.17, 15) is 18.8 Å². The summed E-state index contributed by atoms with van der Waals surface area (Å²) in [5.41, 5.74) is 3.05. The number of nitrogens with one attached hydrogen (secondary N) is 3. The Bertz CT molecular complexity index is 966. The molecule has 0 spiro atoms. The molecule has 0 aromatic heterocycles. The third-order valence-corrected chi connectivity index (χ3v) is 4.52. The molecule has 0 saturated carbocycles. The van der Waals surface area contributed by atoms with Gasteiger partial charge >= 0.3 is 11.8 Å². The van der Waals surface area contributed by atoms with Gasteiger partial charge in [-0.2, -0.15) is 5.10 Å². The van der Waals surface area contributed by atoms with Crippen molar-refractivity contribution in [3.05, 3.63) is 58.3 Å². The third kappa shape index (κ3) is 8.17. The van der Waals surface area contributed by atoms with E-state index >= 15 is 0 Å². The van der Waals surface area contributed by atoms with Crippen molar-refractivity contribution in [1.29, 1.82) is 0 Å². The number of hydrazone groups is 1. The van der Waals surface area contributed by atoms with E-state index in [0.29, 0.717) is 23.4 Å². The number of rotatable bonds is 8. The minimum atomic E-state index is -0.896. The molecule has 0 saturated heterocycles. The van der Waals surface area contributed by atoms with Gasteiger partial charge in [-0.1, -0.05) is 22.9 Å². The maximum absolute atomic E-state index is 12.9. The molecule has 1 atom stereocenters. The van der Waals surface area contributed by atoms with Crippen LogP contribution in [0, 0.1) is 5.82 Å². The van der Waals surface area contributed by atoms with E-state index in [4.69, 9.17) is 4.74 Å². The van der Waals surface area contributed by atoms with Crippen molar-refractivity contribution < 1.29 is 23.5 Å². The Kier molecular flexibility index (Phi) is 9.13. The van der Waals surface area contributed by atoms with Crippen LogP contribution in [-0.4, -0.2) is 36.6 Å². The summed E-state index contributed by atoms with van der Waals surface area (Å²) in [6.45, 7) is 3.37. The van der Waals surface area contributed by atoms with Crippen molar-refractivity contribution in [3.63, 3.8) is 0 Å². The van der Waals surface area contributed by atoms with E-state index < -0.39 is 23.5 Å². The number of amides is 3. The molecule has 0 fully saturated rings. The van der Waals surface area contributed by atoms with Crippen LogP contribution in [0.15, 0.2) is 52.0 Å². The van der Waals surface area contributed by atoms with Gasteiger partial charge in [0.25, 0.3) is 5.91 Å². The summed E-state index contributed by atoms with van der Waals surface area (Å²) < 4.78 is 19.2. The normalized spacial score (nSPS) is 11.6. The van der Waals surface area contributed by atoms with Crippen molar-refractivity contribution in [2.45, 2.75) is 26.3 Å². The van der Waals surface area contributed by atoms with Crippen LogP contribution in [0.3, 0.4) is 0 Å². The third-order valence-electron chi connectivity index (χ3n) is 4.02. The molecule has 2 aromatic carbocycles. The van der Waals surface area contributed by atoms with Gasteiger partial charge in [-0.15, -0.1) is 0 Å². The highest BCUT2D eigenvalue weighted by atomic mass is 79.9. The zero-order chi connectivity index (χ0) is 22.8. The van der Waals surface area contributed by atoms with E-state index in [-0.39, 0.29) is 12.6 Å². The zero-order valence-electron chi connectivity index (χ0n) is 16.9. The predicted octanol–water partition coefficient (Wildman–Crippen LogP) is 2.97. The lowest BCUT2D eigenvalue weighted by atomic mass is 10.2. The average Bonchev–Trinajstić information content (AvgIpc) is 2.74. The number of carbonyl (C=O) groups excluding carboxylic acids is 3. The Balaban J connectivity index is 1.96. The summed E-state index contributed by atoms with van der Waals surface area (Å²) in [6, 6.07) is 10.2. The number of carbonyl (C=O) groups is 3. The van der Waals surface area contributed by atoms with Gasteiger partial charge in [0.1, 0.15) is 11.6 Å². The Morgan fingerprint density at radius 1 is 1.16 bits per heavy atom. The minimum Gasteiger partial charge on any atom is -0.483 e. The average molecular weight is 493 g/mol. The lowest BCUT2D eigenvalue weighted by molar-refractivity contribution is -0.139. The minimum absolute atomic E-state index is 0.131. The number of hydrogen-bond donors (Lipinski definition) is 3. The van der Waals surface area contributed by atoms with Crippen molar-refractivity contribution in [2.75, 3.05) is 11.9 Å². The Hall–Kier alpha value is -3.27. The summed E-state index contributed by atoms with van der Waals surface area (Å²) in [4.78, 5) is 35.6. The monoisotopic (exact) mass is 492 g/mol. The number of halogens is 2. The molecule has 0 bridgehead atoms. The van der Waals surface area contributed by atoms with Crippen LogP contribution in [0.5, 0.6) is 5.75 Å². The van der Waals surface area contributed by atoms with Gasteiger partial charge in [0.05, 0.1) is 6.21 Å². The second kappa shape index (κ2) is 11.8. The first-order valence-corrected chi connectivity index (χ1v) is 10.2. The predicted molar refractivity (Wildman–Crippen MR) is 118 cm³/mol. The summed E-state index contributed by atoms with van der Waals surface area (Å²) >= 11 is 3.33. The Morgan fingerprint density at radius 2 is 1.87 bits per heavy atom. The molecule has 0 aliphatic carbocycles. The number of benzene rings is 2. The second-order valence-corrected chi connectivity index (χ2v) is 7.42. The van der Waals surface area contributed by atoms with Crippen molar-refractivity contribution in [1.82, 2.24) is 10.7 Å². The number of hydrogen-bond acceptors (Lipinski definition) is 5. The fourth-order valence-electron chi connectivity index (χ4n) is 2.23. The first-order chi connectivity index (χ1) is 14.8. The largest absolute Gasteiger partial charge is 0.483 e. The first-order valence-electron chi connectivity index (χ1n) is 9.40. The van der Waals surface area contributed by atoms with Gasteiger partial charge in [0, 0.05) is 21.8 Å². The summed E-state index contributed by atoms with van der Waals surface area (Å²) in [5, 5.41) is 8.90. The smallest absolute Gasteiger partial charge is 0.329 e. The highest BCUT2D eigenvalue weighted by Gasteiger charge is 2.14. The van der Waals surface area contributed by atoms with Crippen LogP contribution in [0.2, 0.25) is 0 Å². The molecule has 0 aliphatic heterocycles. The molecule has 0 heterocycles. The Morgan fingerprint density at radius 3 is 2.55 bits per heavy atom. The molecule has 3 N–H and O–H groups in total. The lowest BCUT2D eigenvalue weighted by Gasteiger charge is -2.11. The van der Waals surface area contributed by atoms with Crippen LogP contribution < -0.4 is 20.8 Å². The molecule has 10 heteroatoms. The number of ether oxygens (including phenoxy) is 1. The zero-order valence-corrected chi connectivity index (χ0v) is 18.5. The van der Waals surface area contributed by atoms with Crippen molar-refractivity contribution in [2.24, 2.45) is 5.10 Å². The van der Waals surface area contributed by atoms with E-state index in [2.05, 4.69) is 37.1 Å². The van der Waals surface area contributed by atoms with Crippen LogP contribution in [0.1, 0.15) is 25.8 Å². The molecule has 2 rings (SSSR count). The molecule has 31 heavy (non-hydrogen) atoms. The van der Waals surface area contributed by atoms with E-state index in [1.807, 2.05) is 6.92 Å². The first kappa shape index (κ1) is 24.0. The lowest BCUT2D eigenvalue weighted by Crippen LogP contribution is -2.41. The highest BCUT2D eigenvalue weighted by molar-refractivity contribution is 9.10. The van der Waals surface area contributed by atoms with Gasteiger partial charge < -0.3 is 15.4 Å². The van der Waals surface area contributed by atoms with Gasteiger partial charge in [0.2, 0.25) is 0 Å². The Labute approximate surface area is 187 Å². The van der Waals surface area contributed by atoms with Crippen LogP contribution in [0.25, 0.3) is 0 Å². The SMILES string of the molecule is CC[C@@H](C)NC(=O)C(=O)N/N=C\c1cc(Br)ccc1OCC(=O)Nc1ccc(F)cc1. The molecule has 2 aromatic rings. The van der Waals surface area contributed by atoms with Gasteiger partial charge in [0.15, 0.2) is 6.61 Å². The summed E-state index contributed by atoms with van der Waals surface area (Å²) in [5.74, 6) is -2.19. The van der Waals surface area contributed by atoms with Crippen molar-refractivity contribution in [3.8, 4) is 5.75 Å². The van der Waals surface area contributed by atoms with Crippen LogP contribution in [-0.2, 0) is 14.4 Å². The summed E-state index contributed by atoms with van der Waals surface area (Å²) in [7, 11) is 0. The van der Waals surface area contributed by atoms with E-state index in [0.717, 1.165) is 4.47 Å². The quantitative estimate of drug-likeness (QED) is 0.299. The van der Waals surface area contributed by atoms with Crippen LogP contribution >= 0.6 is 15.9 Å². The molecular formula is C21H22BrFN4O4. The van der Waals surface area contributed by atoms with E-state index in [1.165, 1.54) is 30.5 Å². The highest BCUT2D eigenvalue weighted by Crippen LogP contribution is 2.22. The second-order valence-electron chi connectivity index (χ2n) is 6.51. The number of anilines is 1. The fourth-order valence-corrected chi connectivity index (χ4v) is 2.61. The maximum atomic E-state index is 12.9. The standard InChI is InChI=1S/C21H22BrFN4O4/c1-3-13(2)25-20(29)21(30)27-24-11-14-10-15(22)4-9-18(14)31-12-19(28)26-17-7-5-16(23)6-8-17/h4-11,13H,3,12H2,1-2H3,(H,25,29)(H,26,28)(H,27,30)/b24-11-/t13-/m1/s1. The fraction of sp³-hybridized carbons (Fsp3) is 0.238. The maximum Gasteiger partial charge on any atom is 0.329 e. The molecule has 0 radical (unpaired) electrons. The van der Waals surface area contributed by atoms with Crippen LogP contribution in [0.4, 0.5) is 10.1 Å². The summed E-state index contributed by atoms with van der Waals surface area (Å²) in [6.07, 6.45) is 1.99. The van der Waals surface area contributed by atoms with Gasteiger partial charge in [-0.25, -0.2) is 9.82 Å². The van der Waals surface area contributed by atoms with Gasteiger partial charge in [-0.3, -0.25) is 14.4 Å². The molecule has 0 unspecified atom stereocenters. The molecule has 164 valence electrons. The topological polar surface area (TPSA) is 109 Å². The van der Waals surface area contributed by atoms with Crippen molar-refractivity contribution >= 4 is 45.6 Å². The van der Waals surface area contributed by atoms with E-state index in [1.54, 1.807) is 25.1 Å². The molecule has 8 nitrogen and oxygen atoms in total.